The third-order valence-electron chi connectivity index (χ3n) is 6.79. The van der Waals surface area contributed by atoms with E-state index >= 15 is 0 Å². The van der Waals surface area contributed by atoms with Gasteiger partial charge in [-0.15, -0.1) is 0 Å². The molecule has 0 saturated heterocycles. The molecule has 0 spiro atoms. The molecule has 0 aromatic heterocycles. The Morgan fingerprint density at radius 2 is 1.82 bits per heavy atom. The molecule has 9 heteroatoms. The first-order chi connectivity index (χ1) is 15.4. The van der Waals surface area contributed by atoms with Gasteiger partial charge in [0.2, 0.25) is 11.8 Å². The van der Waals surface area contributed by atoms with Crippen LogP contribution in [0.3, 0.4) is 0 Å². The first-order valence-corrected chi connectivity index (χ1v) is 11.1. The number of hydrogen-bond donors (Lipinski definition) is 1. The molecular formula is C24H30F3N3O3. The van der Waals surface area contributed by atoms with E-state index in [-0.39, 0.29) is 35.7 Å². The van der Waals surface area contributed by atoms with Crippen molar-refractivity contribution in [2.45, 2.75) is 58.0 Å². The molecule has 1 atom stereocenters. The molecule has 6 nitrogen and oxygen atoms in total. The third kappa shape index (κ3) is 4.77. The summed E-state index contributed by atoms with van der Waals surface area (Å²) in [5.74, 6) is -1.86. The summed E-state index contributed by atoms with van der Waals surface area (Å²) in [5.41, 5.74) is 3.55. The van der Waals surface area contributed by atoms with Crippen molar-refractivity contribution in [2.24, 2.45) is 17.1 Å². The normalized spacial score (nSPS) is 22.5. The summed E-state index contributed by atoms with van der Waals surface area (Å²) in [5, 5.41) is 0. The quantitative estimate of drug-likeness (QED) is 0.660. The number of halogens is 3. The molecule has 2 aliphatic rings. The Labute approximate surface area is 191 Å². The average Bonchev–Trinajstić information content (AvgIpc) is 2.75. The number of nitrogens with zero attached hydrogens (tertiary/aromatic N) is 2. The summed E-state index contributed by atoms with van der Waals surface area (Å²) in [4.78, 5) is 42.1. The third-order valence-corrected chi connectivity index (χ3v) is 6.79. The molecule has 3 amide bonds. The average molecular weight is 466 g/mol. The van der Waals surface area contributed by atoms with Gasteiger partial charge in [0.1, 0.15) is 5.41 Å². The number of allylic oxidation sites excluding steroid dienone is 1. The number of rotatable bonds is 5. The van der Waals surface area contributed by atoms with E-state index in [9.17, 15) is 27.6 Å². The molecule has 0 radical (unpaired) electrons. The lowest BCUT2D eigenvalue weighted by molar-refractivity contribution is -0.143. The number of primary amides is 1. The number of benzene rings is 1. The lowest BCUT2D eigenvalue weighted by Gasteiger charge is -2.43. The molecular weight excluding hydrogens is 435 g/mol. The summed E-state index contributed by atoms with van der Waals surface area (Å²) in [6.45, 7) is 1.51. The number of carbonyl (C=O) groups excluding carboxylic acids is 3. The Bertz CT molecular complexity index is 981. The highest BCUT2D eigenvalue weighted by Crippen LogP contribution is 2.46. The largest absolute Gasteiger partial charge is 0.416 e. The molecule has 1 fully saturated rings. The predicted octanol–water partition coefficient (Wildman–Crippen LogP) is 4.25. The van der Waals surface area contributed by atoms with E-state index in [1.807, 2.05) is 0 Å². The van der Waals surface area contributed by atoms with Crippen LogP contribution in [0.2, 0.25) is 0 Å². The second kappa shape index (κ2) is 9.19. The number of alkyl halides is 3. The fourth-order valence-electron chi connectivity index (χ4n) is 4.98. The van der Waals surface area contributed by atoms with Crippen molar-refractivity contribution < 1.29 is 27.6 Å². The van der Waals surface area contributed by atoms with Crippen LogP contribution in [0, 0.1) is 11.3 Å². The summed E-state index contributed by atoms with van der Waals surface area (Å²) >= 11 is 0. The monoisotopic (exact) mass is 465 g/mol. The highest BCUT2D eigenvalue weighted by Gasteiger charge is 2.53. The van der Waals surface area contributed by atoms with Crippen molar-refractivity contribution in [3.8, 4) is 0 Å². The van der Waals surface area contributed by atoms with Gasteiger partial charge in [-0.25, -0.2) is 0 Å². The van der Waals surface area contributed by atoms with E-state index in [1.165, 1.54) is 24.0 Å². The first kappa shape index (κ1) is 24.8. The highest BCUT2D eigenvalue weighted by atomic mass is 19.4. The number of amides is 3. The first-order valence-electron chi connectivity index (χ1n) is 11.1. The predicted molar refractivity (Wildman–Crippen MR) is 118 cm³/mol. The second-order valence-corrected chi connectivity index (χ2v) is 9.28. The Morgan fingerprint density at radius 1 is 1.18 bits per heavy atom. The summed E-state index contributed by atoms with van der Waals surface area (Å²) in [7, 11) is 3.08. The van der Waals surface area contributed by atoms with Crippen molar-refractivity contribution in [1.29, 1.82) is 0 Å². The van der Waals surface area contributed by atoms with Gasteiger partial charge in [0.15, 0.2) is 0 Å². The zero-order valence-corrected chi connectivity index (χ0v) is 19.2. The van der Waals surface area contributed by atoms with Gasteiger partial charge in [-0.2, -0.15) is 13.2 Å². The molecule has 1 saturated carbocycles. The maximum Gasteiger partial charge on any atom is 0.416 e. The van der Waals surface area contributed by atoms with Gasteiger partial charge in [-0.05, 0) is 37.5 Å². The van der Waals surface area contributed by atoms with Gasteiger partial charge in [-0.3, -0.25) is 19.3 Å². The lowest BCUT2D eigenvalue weighted by Crippen LogP contribution is -2.56. The number of likely N-dealkylation sites (N-methyl/N-ethyl adjacent to an activating group) is 1. The van der Waals surface area contributed by atoms with Crippen molar-refractivity contribution in [3.05, 3.63) is 41.1 Å². The fraction of sp³-hybridized carbons (Fsp3) is 0.542. The van der Waals surface area contributed by atoms with Gasteiger partial charge < -0.3 is 10.6 Å². The van der Waals surface area contributed by atoms with E-state index in [1.54, 1.807) is 14.1 Å². The molecule has 3 rings (SSSR count). The Kier molecular flexibility index (Phi) is 6.91. The molecule has 1 aliphatic heterocycles. The molecule has 1 aromatic carbocycles. The van der Waals surface area contributed by atoms with Crippen LogP contribution in [0.5, 0.6) is 0 Å². The van der Waals surface area contributed by atoms with Crippen LogP contribution in [0.4, 0.5) is 18.9 Å². The van der Waals surface area contributed by atoms with Crippen molar-refractivity contribution in [3.63, 3.8) is 0 Å². The van der Waals surface area contributed by atoms with Crippen LogP contribution in [0.15, 0.2) is 35.5 Å². The standard InChI is InChI=1S/C24H30F3N3O3/c1-15-19(20(31)29(2)3)14-23(21(28)32,13-16-8-5-4-6-9-16)22(33)30(15)18-11-7-10-17(12-18)24(25,26)27/h7,10-12,16H,4-6,8-9,13-14H2,1-3H3,(H2,28,32). The minimum absolute atomic E-state index is 0.0506. The molecule has 0 bridgehead atoms. The SMILES string of the molecule is CC1=C(C(=O)N(C)C)CC(CC2CCCCC2)(C(N)=O)C(=O)N1c1cccc(C(F)(F)F)c1. The van der Waals surface area contributed by atoms with Gasteiger partial charge in [0.25, 0.3) is 5.91 Å². The van der Waals surface area contributed by atoms with Crippen LogP contribution in [0.25, 0.3) is 0 Å². The minimum Gasteiger partial charge on any atom is -0.369 e. The van der Waals surface area contributed by atoms with Gasteiger partial charge in [-0.1, -0.05) is 38.2 Å². The second-order valence-electron chi connectivity index (χ2n) is 9.28. The van der Waals surface area contributed by atoms with Crippen LogP contribution in [-0.2, 0) is 20.6 Å². The summed E-state index contributed by atoms with van der Waals surface area (Å²) in [6, 6.07) is 4.34. The molecule has 33 heavy (non-hydrogen) atoms. The topological polar surface area (TPSA) is 83.7 Å². The van der Waals surface area contributed by atoms with Gasteiger partial charge >= 0.3 is 6.18 Å². The van der Waals surface area contributed by atoms with Crippen LogP contribution < -0.4 is 10.6 Å². The van der Waals surface area contributed by atoms with E-state index < -0.39 is 34.9 Å². The molecule has 1 aliphatic carbocycles. The van der Waals surface area contributed by atoms with Gasteiger partial charge in [0.05, 0.1) is 5.56 Å². The minimum atomic E-state index is -4.61. The maximum atomic E-state index is 13.9. The van der Waals surface area contributed by atoms with Gasteiger partial charge in [0, 0.05) is 37.5 Å². The van der Waals surface area contributed by atoms with E-state index in [0.29, 0.717) is 0 Å². The zero-order chi connectivity index (χ0) is 24.6. The molecule has 1 aromatic rings. The van der Waals surface area contributed by atoms with Crippen LogP contribution in [-0.4, -0.2) is 36.7 Å². The number of carbonyl (C=O) groups is 3. The zero-order valence-electron chi connectivity index (χ0n) is 19.2. The van der Waals surface area contributed by atoms with E-state index in [0.717, 1.165) is 49.1 Å². The molecule has 1 heterocycles. The Hall–Kier alpha value is -2.84. The Morgan fingerprint density at radius 3 is 2.36 bits per heavy atom. The van der Waals surface area contributed by atoms with Crippen molar-refractivity contribution >= 4 is 23.4 Å². The smallest absolute Gasteiger partial charge is 0.369 e. The summed E-state index contributed by atoms with van der Waals surface area (Å²) < 4.78 is 40.1. The van der Waals surface area contributed by atoms with E-state index in [2.05, 4.69) is 0 Å². The van der Waals surface area contributed by atoms with Crippen LogP contribution >= 0.6 is 0 Å². The Balaban J connectivity index is 2.18. The maximum absolute atomic E-state index is 13.9. The fourth-order valence-corrected chi connectivity index (χ4v) is 4.98. The highest BCUT2D eigenvalue weighted by molar-refractivity contribution is 6.16. The summed E-state index contributed by atoms with van der Waals surface area (Å²) in [6.07, 6.45) is 0.110. The number of hydrogen-bond acceptors (Lipinski definition) is 3. The van der Waals surface area contributed by atoms with Crippen LogP contribution in [0.1, 0.15) is 57.4 Å². The number of anilines is 1. The molecule has 1 unspecified atom stereocenters. The molecule has 180 valence electrons. The lowest BCUT2D eigenvalue weighted by atomic mass is 9.67. The number of nitrogens with two attached hydrogens (primary N) is 1. The molecule has 2 N–H and O–H groups in total. The van der Waals surface area contributed by atoms with Crippen molar-refractivity contribution in [1.82, 2.24) is 4.90 Å². The van der Waals surface area contributed by atoms with Crippen molar-refractivity contribution in [2.75, 3.05) is 19.0 Å². The van der Waals surface area contributed by atoms with E-state index in [4.69, 9.17) is 5.73 Å².